The molecule has 0 unspecified atom stereocenters. The number of hydrogen-bond acceptors (Lipinski definition) is 2. The van der Waals surface area contributed by atoms with Crippen LogP contribution in [0, 0.1) is 11.3 Å². The van der Waals surface area contributed by atoms with E-state index in [2.05, 4.69) is 51.9 Å². The first-order chi connectivity index (χ1) is 8.68. The van der Waals surface area contributed by atoms with Crippen LogP contribution in [0.5, 0.6) is 0 Å². The average Bonchev–Trinajstić information content (AvgIpc) is 2.26. The molecule has 0 amide bonds. The molecule has 2 nitrogen and oxygen atoms in total. The number of rotatable bonds is 6. The first-order valence-corrected chi connectivity index (χ1v) is 8.12. The zero-order chi connectivity index (χ0) is 14.5. The first kappa shape index (κ1) is 17.0. The summed E-state index contributed by atoms with van der Waals surface area (Å²) < 4.78 is 0. The smallest absolute Gasteiger partial charge is 0.00967 e. The third kappa shape index (κ3) is 7.94. The summed E-state index contributed by atoms with van der Waals surface area (Å²) in [5, 5.41) is 3.64. The summed E-state index contributed by atoms with van der Waals surface area (Å²) in [6.07, 6.45) is 7.26. The Balaban J connectivity index is 2.30. The Bertz CT molecular complexity index is 246. The number of nitrogens with one attached hydrogen (secondary N) is 1. The topological polar surface area (TPSA) is 15.3 Å². The summed E-state index contributed by atoms with van der Waals surface area (Å²) in [6, 6.07) is 0. The highest BCUT2D eigenvalue weighted by Crippen LogP contribution is 2.25. The van der Waals surface area contributed by atoms with Crippen LogP contribution in [0.3, 0.4) is 0 Å². The summed E-state index contributed by atoms with van der Waals surface area (Å²) in [5.41, 5.74) is 0.565. The Morgan fingerprint density at radius 2 is 1.58 bits per heavy atom. The third-order valence-electron chi connectivity index (χ3n) is 4.09. The van der Waals surface area contributed by atoms with E-state index in [0.717, 1.165) is 12.5 Å². The van der Waals surface area contributed by atoms with E-state index in [4.69, 9.17) is 0 Å². The number of hydrogen-bond donors (Lipinski definition) is 1. The molecule has 1 aliphatic rings. The fraction of sp³-hybridized carbons (Fsp3) is 1.00. The summed E-state index contributed by atoms with van der Waals surface area (Å²) in [5.74, 6) is 0.949. The van der Waals surface area contributed by atoms with Gasteiger partial charge in [-0.2, -0.15) is 0 Å². The largest absolute Gasteiger partial charge is 0.311 e. The highest BCUT2D eigenvalue weighted by atomic mass is 15.1. The van der Waals surface area contributed by atoms with Crippen LogP contribution >= 0.6 is 0 Å². The zero-order valence-electron chi connectivity index (χ0n) is 14.2. The lowest BCUT2D eigenvalue weighted by Gasteiger charge is -2.35. The van der Waals surface area contributed by atoms with Crippen molar-refractivity contribution in [2.75, 3.05) is 26.7 Å². The summed E-state index contributed by atoms with van der Waals surface area (Å²) in [6.45, 7) is 15.1. The van der Waals surface area contributed by atoms with E-state index >= 15 is 0 Å². The van der Waals surface area contributed by atoms with E-state index in [1.54, 1.807) is 0 Å². The van der Waals surface area contributed by atoms with Gasteiger partial charge in [-0.15, -0.1) is 0 Å². The molecule has 0 aromatic rings. The van der Waals surface area contributed by atoms with Crippen molar-refractivity contribution < 1.29 is 0 Å². The molecule has 19 heavy (non-hydrogen) atoms. The van der Waals surface area contributed by atoms with Crippen LogP contribution in [-0.4, -0.2) is 37.1 Å². The van der Waals surface area contributed by atoms with Crippen LogP contribution in [0.2, 0.25) is 0 Å². The van der Waals surface area contributed by atoms with Crippen molar-refractivity contribution in [1.29, 1.82) is 0 Å². The fourth-order valence-corrected chi connectivity index (χ4v) is 3.17. The minimum Gasteiger partial charge on any atom is -0.311 e. The fourth-order valence-electron chi connectivity index (χ4n) is 3.17. The second kappa shape index (κ2) is 7.08. The van der Waals surface area contributed by atoms with Gasteiger partial charge >= 0.3 is 0 Å². The quantitative estimate of drug-likeness (QED) is 0.785. The van der Waals surface area contributed by atoms with Crippen molar-refractivity contribution in [2.45, 2.75) is 72.3 Å². The minimum absolute atomic E-state index is 0.221. The predicted molar refractivity (Wildman–Crippen MR) is 85.6 cm³/mol. The highest BCUT2D eigenvalue weighted by molar-refractivity contribution is 4.81. The molecule has 1 fully saturated rings. The molecule has 0 spiro atoms. The molecular formula is C17H36N2. The van der Waals surface area contributed by atoms with E-state index in [9.17, 15) is 0 Å². The van der Waals surface area contributed by atoms with Gasteiger partial charge in [0.05, 0.1) is 0 Å². The zero-order valence-corrected chi connectivity index (χ0v) is 14.2. The molecule has 0 aromatic heterocycles. The molecule has 114 valence electrons. The Kier molecular flexibility index (Phi) is 6.32. The molecule has 0 aliphatic heterocycles. The van der Waals surface area contributed by atoms with Gasteiger partial charge in [0.2, 0.25) is 0 Å². The minimum atomic E-state index is 0.221. The van der Waals surface area contributed by atoms with Crippen molar-refractivity contribution in [3.8, 4) is 0 Å². The van der Waals surface area contributed by atoms with Crippen LogP contribution in [0.15, 0.2) is 0 Å². The van der Waals surface area contributed by atoms with Crippen molar-refractivity contribution >= 4 is 0 Å². The van der Waals surface area contributed by atoms with Gasteiger partial charge in [0.15, 0.2) is 0 Å². The summed E-state index contributed by atoms with van der Waals surface area (Å²) in [4.78, 5) is 2.56. The maximum absolute atomic E-state index is 3.64. The molecule has 1 aliphatic carbocycles. The predicted octanol–water partition coefficient (Wildman–Crippen LogP) is 3.91. The van der Waals surface area contributed by atoms with Crippen LogP contribution in [0.4, 0.5) is 0 Å². The van der Waals surface area contributed by atoms with Gasteiger partial charge in [-0.05, 0) is 52.0 Å². The molecular weight excluding hydrogens is 232 g/mol. The Morgan fingerprint density at radius 1 is 1.00 bits per heavy atom. The molecule has 0 heterocycles. The van der Waals surface area contributed by atoms with Gasteiger partial charge in [0.1, 0.15) is 0 Å². The van der Waals surface area contributed by atoms with E-state index in [-0.39, 0.29) is 5.54 Å². The second-order valence-electron chi connectivity index (χ2n) is 8.47. The van der Waals surface area contributed by atoms with E-state index in [0.29, 0.717) is 5.41 Å². The molecule has 0 saturated heterocycles. The maximum atomic E-state index is 3.64. The highest BCUT2D eigenvalue weighted by Gasteiger charge is 2.24. The van der Waals surface area contributed by atoms with Crippen molar-refractivity contribution in [1.82, 2.24) is 10.2 Å². The monoisotopic (exact) mass is 268 g/mol. The first-order valence-electron chi connectivity index (χ1n) is 8.12. The Morgan fingerprint density at radius 3 is 2.11 bits per heavy atom. The van der Waals surface area contributed by atoms with Gasteiger partial charge in [0.25, 0.3) is 0 Å². The molecule has 0 aromatic carbocycles. The second-order valence-corrected chi connectivity index (χ2v) is 8.47. The Hall–Kier alpha value is -0.0800. The molecule has 2 heteroatoms. The van der Waals surface area contributed by atoms with Gasteiger partial charge in [-0.25, -0.2) is 0 Å². The lowest BCUT2D eigenvalue weighted by molar-refractivity contribution is 0.159. The van der Waals surface area contributed by atoms with E-state index < -0.39 is 0 Å². The van der Waals surface area contributed by atoms with Gasteiger partial charge in [0, 0.05) is 25.2 Å². The summed E-state index contributed by atoms with van der Waals surface area (Å²) >= 11 is 0. The van der Waals surface area contributed by atoms with E-state index in [1.807, 2.05) is 0 Å². The van der Waals surface area contributed by atoms with Crippen molar-refractivity contribution in [3.63, 3.8) is 0 Å². The molecule has 1 rings (SSSR count). The van der Waals surface area contributed by atoms with Crippen LogP contribution in [0.1, 0.15) is 66.7 Å². The van der Waals surface area contributed by atoms with E-state index in [1.165, 1.54) is 45.2 Å². The Labute approximate surface area is 121 Å². The average molecular weight is 268 g/mol. The van der Waals surface area contributed by atoms with Gasteiger partial charge in [-0.1, -0.05) is 33.1 Å². The molecule has 0 radical (unpaired) electrons. The van der Waals surface area contributed by atoms with Crippen LogP contribution in [-0.2, 0) is 0 Å². The lowest BCUT2D eigenvalue weighted by atomic mass is 9.87. The van der Waals surface area contributed by atoms with Crippen LogP contribution in [0.25, 0.3) is 0 Å². The van der Waals surface area contributed by atoms with Crippen molar-refractivity contribution in [3.05, 3.63) is 0 Å². The number of nitrogens with zero attached hydrogens (tertiary/aromatic N) is 1. The normalized spacial score (nSPS) is 19.1. The molecule has 0 atom stereocenters. The van der Waals surface area contributed by atoms with Gasteiger partial charge in [-0.3, -0.25) is 0 Å². The maximum Gasteiger partial charge on any atom is 0.00967 e. The van der Waals surface area contributed by atoms with Crippen LogP contribution < -0.4 is 5.32 Å². The standard InChI is InChI=1S/C17H36N2/c1-16(2,3)18-13-17(4,5)14-19(6)12-15-10-8-7-9-11-15/h15,18H,7-14H2,1-6H3. The molecule has 1 saturated carbocycles. The SMILES string of the molecule is CN(CC1CCCCC1)CC(C)(C)CNC(C)(C)C. The molecule has 0 bridgehead atoms. The molecule has 1 N–H and O–H groups in total. The lowest BCUT2D eigenvalue weighted by Crippen LogP contribution is -2.46. The van der Waals surface area contributed by atoms with Gasteiger partial charge < -0.3 is 10.2 Å². The van der Waals surface area contributed by atoms with Crippen molar-refractivity contribution in [2.24, 2.45) is 11.3 Å². The third-order valence-corrected chi connectivity index (χ3v) is 4.09. The summed E-state index contributed by atoms with van der Waals surface area (Å²) in [7, 11) is 2.30.